The van der Waals surface area contributed by atoms with Crippen LogP contribution in [0.4, 0.5) is 0 Å². The highest BCUT2D eigenvalue weighted by atomic mass is 16.2. The van der Waals surface area contributed by atoms with E-state index in [-0.39, 0.29) is 17.4 Å². The van der Waals surface area contributed by atoms with E-state index >= 15 is 0 Å². The number of hydrogen-bond acceptors (Lipinski definition) is 6. The van der Waals surface area contributed by atoms with E-state index in [9.17, 15) is 14.4 Å². The van der Waals surface area contributed by atoms with Crippen molar-refractivity contribution in [2.75, 3.05) is 13.1 Å². The van der Waals surface area contributed by atoms with Gasteiger partial charge in [0, 0.05) is 38.2 Å². The molecule has 5 rings (SSSR count). The van der Waals surface area contributed by atoms with Gasteiger partial charge in [-0.3, -0.25) is 14.2 Å². The van der Waals surface area contributed by atoms with Gasteiger partial charge in [0.2, 0.25) is 0 Å². The first-order chi connectivity index (χ1) is 14.0. The number of hydrogen-bond donors (Lipinski definition) is 1. The largest absolute Gasteiger partial charge is 0.338 e. The van der Waals surface area contributed by atoms with Gasteiger partial charge in [0.1, 0.15) is 5.56 Å². The van der Waals surface area contributed by atoms with Crippen LogP contribution in [0.5, 0.6) is 0 Å². The maximum absolute atomic E-state index is 12.8. The maximum Gasteiger partial charge on any atom is 0.328 e. The van der Waals surface area contributed by atoms with E-state index in [1.54, 1.807) is 4.90 Å². The van der Waals surface area contributed by atoms with E-state index in [0.29, 0.717) is 31.8 Å². The Bertz CT molecular complexity index is 1210. The smallest absolute Gasteiger partial charge is 0.328 e. The van der Waals surface area contributed by atoms with E-state index in [1.165, 1.54) is 26.1 Å². The standard InChI is InChI=1S/C19H21N7O3/c1-24-17(27)13(10-20-19(24)29)18(28)25-8-6-12(7-9-25)16-22-21-15-5-4-14(11-2-3-11)23-26(15)16/h4-5,10-12H,2-3,6-9H2,1H3,(H,20,29). The minimum absolute atomic E-state index is 0.0192. The van der Waals surface area contributed by atoms with Crippen LogP contribution in [-0.2, 0) is 7.05 Å². The number of carbonyl (C=O) groups is 1. The molecule has 2 fully saturated rings. The molecule has 0 aromatic carbocycles. The molecule has 3 aromatic rings. The zero-order chi connectivity index (χ0) is 20.1. The highest BCUT2D eigenvalue weighted by Crippen LogP contribution is 2.39. The molecule has 2 aliphatic rings. The van der Waals surface area contributed by atoms with Crippen LogP contribution in [0.3, 0.4) is 0 Å². The first-order valence-corrected chi connectivity index (χ1v) is 9.83. The molecule has 4 heterocycles. The summed E-state index contributed by atoms with van der Waals surface area (Å²) in [5, 5.41) is 13.3. The molecule has 1 amide bonds. The van der Waals surface area contributed by atoms with Gasteiger partial charge in [-0.25, -0.2) is 4.79 Å². The summed E-state index contributed by atoms with van der Waals surface area (Å²) in [7, 11) is 1.35. The molecular weight excluding hydrogens is 374 g/mol. The van der Waals surface area contributed by atoms with Gasteiger partial charge in [0.25, 0.3) is 11.5 Å². The van der Waals surface area contributed by atoms with Crippen molar-refractivity contribution in [2.24, 2.45) is 7.05 Å². The van der Waals surface area contributed by atoms with Gasteiger partial charge in [-0.2, -0.15) is 9.61 Å². The van der Waals surface area contributed by atoms with Crippen molar-refractivity contribution in [3.05, 3.63) is 56.2 Å². The van der Waals surface area contributed by atoms with E-state index < -0.39 is 11.2 Å². The predicted octanol–water partition coefficient (Wildman–Crippen LogP) is 0.408. The Kier molecular flexibility index (Phi) is 4.07. The van der Waals surface area contributed by atoms with Gasteiger partial charge in [0.15, 0.2) is 11.5 Å². The summed E-state index contributed by atoms with van der Waals surface area (Å²) in [6.45, 7) is 1.01. The summed E-state index contributed by atoms with van der Waals surface area (Å²) in [6.07, 6.45) is 4.99. The third-order valence-corrected chi connectivity index (χ3v) is 5.86. The quantitative estimate of drug-likeness (QED) is 0.686. The first-order valence-electron chi connectivity index (χ1n) is 9.83. The lowest BCUT2D eigenvalue weighted by molar-refractivity contribution is 0.0707. The fourth-order valence-corrected chi connectivity index (χ4v) is 3.90. The van der Waals surface area contributed by atoms with Gasteiger partial charge >= 0.3 is 5.69 Å². The lowest BCUT2D eigenvalue weighted by atomic mass is 9.95. The summed E-state index contributed by atoms with van der Waals surface area (Å²) in [6, 6.07) is 3.99. The number of piperidine rings is 1. The lowest BCUT2D eigenvalue weighted by Crippen LogP contribution is -2.43. The van der Waals surface area contributed by atoms with E-state index in [0.717, 1.165) is 21.7 Å². The topological polar surface area (TPSA) is 118 Å². The molecule has 0 spiro atoms. The van der Waals surface area contributed by atoms with Crippen molar-refractivity contribution in [3.63, 3.8) is 0 Å². The van der Waals surface area contributed by atoms with Crippen LogP contribution in [0.25, 0.3) is 5.65 Å². The Hall–Kier alpha value is -3.30. The Labute approximate surface area is 165 Å². The molecule has 0 atom stereocenters. The second kappa shape index (κ2) is 6.64. The summed E-state index contributed by atoms with van der Waals surface area (Å²) >= 11 is 0. The van der Waals surface area contributed by atoms with Crippen molar-refractivity contribution < 1.29 is 4.79 Å². The SMILES string of the molecule is Cn1c(=O)[nH]cc(C(=O)N2CCC(c3nnc4ccc(C5CC5)nn34)CC2)c1=O. The zero-order valence-corrected chi connectivity index (χ0v) is 16.0. The number of aromatic nitrogens is 6. The van der Waals surface area contributed by atoms with Crippen molar-refractivity contribution in [3.8, 4) is 0 Å². The molecule has 1 aliphatic heterocycles. The maximum atomic E-state index is 12.8. The number of amides is 1. The Morgan fingerprint density at radius 1 is 1.07 bits per heavy atom. The van der Waals surface area contributed by atoms with Gasteiger partial charge in [-0.15, -0.1) is 10.2 Å². The van der Waals surface area contributed by atoms with Gasteiger partial charge in [-0.05, 0) is 37.8 Å². The number of likely N-dealkylation sites (tertiary alicyclic amines) is 1. The van der Waals surface area contributed by atoms with E-state index in [4.69, 9.17) is 5.10 Å². The Morgan fingerprint density at radius 2 is 1.83 bits per heavy atom. The van der Waals surface area contributed by atoms with Gasteiger partial charge < -0.3 is 9.88 Å². The molecule has 29 heavy (non-hydrogen) atoms. The molecule has 1 saturated heterocycles. The molecular formula is C19H21N7O3. The average molecular weight is 395 g/mol. The van der Waals surface area contributed by atoms with Gasteiger partial charge in [0.05, 0.1) is 5.69 Å². The van der Waals surface area contributed by atoms with Crippen LogP contribution in [-0.4, -0.2) is 53.3 Å². The van der Waals surface area contributed by atoms with E-state index in [1.807, 2.05) is 16.6 Å². The monoisotopic (exact) mass is 395 g/mol. The van der Waals surface area contributed by atoms with Crippen molar-refractivity contribution in [1.29, 1.82) is 0 Å². The number of nitrogens with zero attached hydrogens (tertiary/aromatic N) is 6. The molecule has 150 valence electrons. The molecule has 0 radical (unpaired) electrons. The predicted molar refractivity (Wildman–Crippen MR) is 103 cm³/mol. The van der Waals surface area contributed by atoms with Crippen molar-refractivity contribution in [2.45, 2.75) is 37.5 Å². The van der Waals surface area contributed by atoms with Crippen LogP contribution < -0.4 is 11.2 Å². The fraction of sp³-hybridized carbons (Fsp3) is 0.474. The van der Waals surface area contributed by atoms with Crippen LogP contribution in [0.2, 0.25) is 0 Å². The van der Waals surface area contributed by atoms with Crippen molar-refractivity contribution in [1.82, 2.24) is 34.3 Å². The average Bonchev–Trinajstić information content (AvgIpc) is 3.51. The van der Waals surface area contributed by atoms with Crippen LogP contribution in [0.15, 0.2) is 27.9 Å². The Morgan fingerprint density at radius 3 is 2.55 bits per heavy atom. The molecule has 0 bridgehead atoms. The molecule has 1 saturated carbocycles. The normalized spacial score (nSPS) is 17.8. The summed E-state index contributed by atoms with van der Waals surface area (Å²) in [4.78, 5) is 40.6. The summed E-state index contributed by atoms with van der Waals surface area (Å²) < 4.78 is 2.75. The van der Waals surface area contributed by atoms with E-state index in [2.05, 4.69) is 15.2 Å². The number of aromatic amines is 1. The highest BCUT2D eigenvalue weighted by Gasteiger charge is 2.30. The van der Waals surface area contributed by atoms with Crippen molar-refractivity contribution >= 4 is 11.6 Å². The second-order valence-corrected chi connectivity index (χ2v) is 7.80. The number of H-pyrrole nitrogens is 1. The number of carbonyl (C=O) groups excluding carboxylic acids is 1. The number of fused-ring (bicyclic) bond motifs is 1. The van der Waals surface area contributed by atoms with Gasteiger partial charge in [-0.1, -0.05) is 0 Å². The lowest BCUT2D eigenvalue weighted by Gasteiger charge is -2.31. The number of nitrogens with one attached hydrogen (secondary N) is 1. The van der Waals surface area contributed by atoms with Crippen LogP contribution in [0.1, 0.15) is 59.4 Å². The molecule has 10 heteroatoms. The minimum atomic E-state index is -0.582. The van der Waals surface area contributed by atoms with Crippen LogP contribution >= 0.6 is 0 Å². The third-order valence-electron chi connectivity index (χ3n) is 5.86. The second-order valence-electron chi connectivity index (χ2n) is 7.80. The molecule has 1 N–H and O–H groups in total. The molecule has 3 aromatic heterocycles. The fourth-order valence-electron chi connectivity index (χ4n) is 3.90. The molecule has 1 aliphatic carbocycles. The zero-order valence-electron chi connectivity index (χ0n) is 16.0. The Balaban J connectivity index is 1.34. The summed E-state index contributed by atoms with van der Waals surface area (Å²) in [5.41, 5.74) is 0.678. The number of rotatable bonds is 3. The summed E-state index contributed by atoms with van der Waals surface area (Å²) in [5.74, 6) is 1.17. The minimum Gasteiger partial charge on any atom is -0.338 e. The molecule has 0 unspecified atom stereocenters. The highest BCUT2D eigenvalue weighted by molar-refractivity contribution is 5.93. The third kappa shape index (κ3) is 3.04. The first kappa shape index (κ1) is 17.8. The molecule has 10 nitrogen and oxygen atoms in total. The van der Waals surface area contributed by atoms with Crippen LogP contribution in [0, 0.1) is 0 Å².